The summed E-state index contributed by atoms with van der Waals surface area (Å²) in [7, 11) is 0. The minimum Gasteiger partial charge on any atom is -0.473 e. The number of aryl methyl sites for hydroxylation is 1. The van der Waals surface area contributed by atoms with Crippen LogP contribution in [0.1, 0.15) is 17.8 Å². The van der Waals surface area contributed by atoms with Crippen molar-refractivity contribution in [2.45, 2.75) is 19.4 Å². The van der Waals surface area contributed by atoms with Crippen molar-refractivity contribution in [2.75, 3.05) is 26.2 Å². The summed E-state index contributed by atoms with van der Waals surface area (Å²) in [5.74, 6) is -2.39. The molecule has 2 aromatic carbocycles. The topological polar surface area (TPSA) is 127 Å². The van der Waals surface area contributed by atoms with Gasteiger partial charge < -0.3 is 20.1 Å². The summed E-state index contributed by atoms with van der Waals surface area (Å²) in [6, 6.07) is 18.3. The van der Waals surface area contributed by atoms with Crippen LogP contribution in [0.4, 0.5) is 0 Å². The number of fused-ring (bicyclic) bond motifs is 1. The number of carbonyl (C=O) groups excluding carboxylic acids is 1. The Morgan fingerprint density at radius 1 is 0.875 bits per heavy atom. The number of carboxylic acid groups (broad SMARTS) is 2. The molecule has 1 aliphatic rings. The monoisotopic (exact) mass is 438 g/mol. The molecule has 2 heterocycles. The summed E-state index contributed by atoms with van der Waals surface area (Å²) in [6.07, 6.45) is 1.41. The number of imidazole rings is 1. The van der Waals surface area contributed by atoms with Crippen molar-refractivity contribution >= 4 is 28.9 Å². The van der Waals surface area contributed by atoms with Crippen LogP contribution in [-0.2, 0) is 27.3 Å². The third-order valence-corrected chi connectivity index (χ3v) is 5.19. The number of aromatic amines is 1. The van der Waals surface area contributed by atoms with Crippen molar-refractivity contribution in [2.24, 2.45) is 0 Å². The fourth-order valence-electron chi connectivity index (χ4n) is 3.50. The lowest BCUT2D eigenvalue weighted by molar-refractivity contribution is -0.159. The average molecular weight is 438 g/mol. The number of nitrogens with one attached hydrogen (secondary N) is 1. The van der Waals surface area contributed by atoms with Crippen LogP contribution in [0.15, 0.2) is 54.6 Å². The van der Waals surface area contributed by atoms with Crippen molar-refractivity contribution < 1.29 is 24.6 Å². The van der Waals surface area contributed by atoms with Gasteiger partial charge in [0.15, 0.2) is 0 Å². The van der Waals surface area contributed by atoms with Gasteiger partial charge in [-0.3, -0.25) is 9.69 Å². The molecule has 0 atom stereocenters. The Hall–Kier alpha value is -3.72. The standard InChI is InChI=1S/C21H24N4O.C2H2O4/c26-21(11-10-17-6-2-1-3-7-17)25-14-12-24(13-15-25)16-20-22-18-8-4-5-9-19(18)23-20;3-1(4)2(5)6/h1-9H,10-16H2,(H,22,23);(H,3,4)(H,5,6). The fraction of sp³-hybridized carbons (Fsp3) is 0.304. The molecule has 3 aromatic rings. The van der Waals surface area contributed by atoms with Crippen molar-refractivity contribution in [3.63, 3.8) is 0 Å². The second-order valence-corrected chi connectivity index (χ2v) is 7.45. The zero-order valence-corrected chi connectivity index (χ0v) is 17.6. The molecule has 0 unspecified atom stereocenters. The van der Waals surface area contributed by atoms with E-state index in [4.69, 9.17) is 19.8 Å². The molecule has 1 aliphatic heterocycles. The summed E-state index contributed by atoms with van der Waals surface area (Å²) < 4.78 is 0. The molecule has 0 radical (unpaired) electrons. The molecule has 1 amide bonds. The second kappa shape index (κ2) is 11.1. The summed E-state index contributed by atoms with van der Waals surface area (Å²) >= 11 is 0. The summed E-state index contributed by atoms with van der Waals surface area (Å²) in [5, 5.41) is 14.8. The number of H-pyrrole nitrogens is 1. The lowest BCUT2D eigenvalue weighted by atomic mass is 10.1. The van der Waals surface area contributed by atoms with E-state index in [2.05, 4.69) is 33.1 Å². The van der Waals surface area contributed by atoms with Crippen LogP contribution >= 0.6 is 0 Å². The summed E-state index contributed by atoms with van der Waals surface area (Å²) in [5.41, 5.74) is 3.32. The minimum absolute atomic E-state index is 0.261. The normalized spacial score (nSPS) is 13.9. The van der Waals surface area contributed by atoms with Gasteiger partial charge in [-0.2, -0.15) is 0 Å². The zero-order chi connectivity index (χ0) is 22.9. The molecule has 168 valence electrons. The third kappa shape index (κ3) is 6.64. The number of aliphatic carboxylic acids is 2. The highest BCUT2D eigenvalue weighted by Gasteiger charge is 2.21. The maximum atomic E-state index is 12.4. The van der Waals surface area contributed by atoms with E-state index in [-0.39, 0.29) is 5.91 Å². The number of nitrogens with zero attached hydrogens (tertiary/aromatic N) is 3. The Bertz CT molecular complexity index is 1010. The van der Waals surface area contributed by atoms with E-state index in [9.17, 15) is 4.79 Å². The number of aromatic nitrogens is 2. The number of hydrogen-bond acceptors (Lipinski definition) is 5. The predicted molar refractivity (Wildman–Crippen MR) is 118 cm³/mol. The molecular weight excluding hydrogens is 412 g/mol. The maximum absolute atomic E-state index is 12.4. The first-order valence-electron chi connectivity index (χ1n) is 10.4. The summed E-state index contributed by atoms with van der Waals surface area (Å²) in [6.45, 7) is 4.20. The fourth-order valence-corrected chi connectivity index (χ4v) is 3.50. The first-order chi connectivity index (χ1) is 15.4. The van der Waals surface area contributed by atoms with Gasteiger partial charge in [0.1, 0.15) is 5.82 Å². The van der Waals surface area contributed by atoms with E-state index >= 15 is 0 Å². The molecule has 9 nitrogen and oxygen atoms in total. The Labute approximate surface area is 185 Å². The molecule has 0 saturated carbocycles. The minimum atomic E-state index is -1.82. The van der Waals surface area contributed by atoms with Gasteiger partial charge in [0.05, 0.1) is 17.6 Å². The summed E-state index contributed by atoms with van der Waals surface area (Å²) in [4.78, 5) is 43.0. The van der Waals surface area contributed by atoms with Gasteiger partial charge >= 0.3 is 11.9 Å². The molecule has 0 spiro atoms. The molecule has 1 aromatic heterocycles. The van der Waals surface area contributed by atoms with Crippen molar-refractivity contribution in [1.82, 2.24) is 19.8 Å². The first kappa shape index (κ1) is 23.0. The molecule has 4 rings (SSSR count). The second-order valence-electron chi connectivity index (χ2n) is 7.45. The van der Waals surface area contributed by atoms with Crippen LogP contribution in [0.2, 0.25) is 0 Å². The number of amides is 1. The largest absolute Gasteiger partial charge is 0.473 e. The SMILES string of the molecule is O=C(CCc1ccccc1)N1CCN(Cc2nc3ccccc3[nH]2)CC1.O=C(O)C(=O)O. The van der Waals surface area contributed by atoms with Crippen LogP contribution in [0, 0.1) is 0 Å². The van der Waals surface area contributed by atoms with Crippen molar-refractivity contribution in [3.05, 3.63) is 66.0 Å². The van der Waals surface area contributed by atoms with Gasteiger partial charge in [-0.25, -0.2) is 14.6 Å². The number of carbonyl (C=O) groups is 3. The van der Waals surface area contributed by atoms with Gasteiger partial charge in [0.2, 0.25) is 5.91 Å². The van der Waals surface area contributed by atoms with E-state index in [1.165, 1.54) is 5.56 Å². The van der Waals surface area contributed by atoms with Gasteiger partial charge in [0, 0.05) is 32.6 Å². The van der Waals surface area contributed by atoms with E-state index in [0.717, 1.165) is 56.0 Å². The average Bonchev–Trinajstić information content (AvgIpc) is 3.21. The van der Waals surface area contributed by atoms with Crippen LogP contribution in [0.5, 0.6) is 0 Å². The first-order valence-corrected chi connectivity index (χ1v) is 10.4. The highest BCUT2D eigenvalue weighted by atomic mass is 16.4. The Morgan fingerprint density at radius 3 is 2.12 bits per heavy atom. The highest BCUT2D eigenvalue weighted by Crippen LogP contribution is 2.13. The van der Waals surface area contributed by atoms with E-state index in [1.54, 1.807) is 0 Å². The van der Waals surface area contributed by atoms with Gasteiger partial charge in [-0.1, -0.05) is 42.5 Å². The number of carboxylic acids is 2. The number of para-hydroxylation sites is 2. The third-order valence-electron chi connectivity index (χ3n) is 5.19. The zero-order valence-electron chi connectivity index (χ0n) is 17.6. The van der Waals surface area contributed by atoms with E-state index in [1.807, 2.05) is 41.3 Å². The van der Waals surface area contributed by atoms with Crippen LogP contribution < -0.4 is 0 Å². The Morgan fingerprint density at radius 2 is 1.50 bits per heavy atom. The Balaban J connectivity index is 0.000000427. The maximum Gasteiger partial charge on any atom is 0.414 e. The van der Waals surface area contributed by atoms with Crippen LogP contribution in [0.3, 0.4) is 0 Å². The lowest BCUT2D eigenvalue weighted by Gasteiger charge is -2.34. The van der Waals surface area contributed by atoms with E-state index in [0.29, 0.717) is 6.42 Å². The predicted octanol–water partition coefficient (Wildman–Crippen LogP) is 2.00. The quantitative estimate of drug-likeness (QED) is 0.520. The van der Waals surface area contributed by atoms with Gasteiger partial charge in [-0.05, 0) is 24.1 Å². The molecule has 3 N–H and O–H groups in total. The molecule has 0 bridgehead atoms. The van der Waals surface area contributed by atoms with Gasteiger partial charge in [0.25, 0.3) is 0 Å². The number of rotatable bonds is 5. The van der Waals surface area contributed by atoms with Crippen molar-refractivity contribution in [1.29, 1.82) is 0 Å². The van der Waals surface area contributed by atoms with Gasteiger partial charge in [-0.15, -0.1) is 0 Å². The van der Waals surface area contributed by atoms with E-state index < -0.39 is 11.9 Å². The van der Waals surface area contributed by atoms with Crippen LogP contribution in [-0.4, -0.2) is 74.0 Å². The molecule has 9 heteroatoms. The number of hydrogen-bond donors (Lipinski definition) is 3. The molecule has 32 heavy (non-hydrogen) atoms. The molecular formula is C23H26N4O5. The Kier molecular flexibility index (Phi) is 7.93. The highest BCUT2D eigenvalue weighted by molar-refractivity contribution is 6.27. The smallest absolute Gasteiger partial charge is 0.414 e. The lowest BCUT2D eigenvalue weighted by Crippen LogP contribution is -2.48. The van der Waals surface area contributed by atoms with Crippen molar-refractivity contribution in [3.8, 4) is 0 Å². The molecule has 0 aliphatic carbocycles. The number of piperazine rings is 1. The number of benzene rings is 2. The molecule has 1 saturated heterocycles. The molecule has 1 fully saturated rings. The van der Waals surface area contributed by atoms with Crippen LogP contribution in [0.25, 0.3) is 11.0 Å².